The lowest BCUT2D eigenvalue weighted by Crippen LogP contribution is -2.64. The molecule has 3 aromatic rings. The van der Waals surface area contributed by atoms with Gasteiger partial charge in [-0.25, -0.2) is 4.98 Å². The van der Waals surface area contributed by atoms with E-state index in [0.29, 0.717) is 52.8 Å². The van der Waals surface area contributed by atoms with Gasteiger partial charge in [0.15, 0.2) is 5.01 Å². The topological polar surface area (TPSA) is 56.8 Å². The number of rotatable bonds is 4. The molecular weight excluding hydrogens is 479 g/mol. The van der Waals surface area contributed by atoms with Crippen LogP contribution in [0.25, 0.3) is 11.1 Å². The van der Waals surface area contributed by atoms with Gasteiger partial charge in [0, 0.05) is 72.5 Å². The largest absolute Gasteiger partial charge is 0.335 e. The molecule has 0 bridgehead atoms. The van der Waals surface area contributed by atoms with Crippen molar-refractivity contribution in [3.63, 3.8) is 0 Å². The summed E-state index contributed by atoms with van der Waals surface area (Å²) in [6.07, 6.45) is 1.66. The zero-order valence-corrected chi connectivity index (χ0v) is 20.1. The van der Waals surface area contributed by atoms with E-state index < -0.39 is 0 Å². The molecule has 170 valence electrons. The lowest BCUT2D eigenvalue weighted by Gasteiger charge is -2.48. The van der Waals surface area contributed by atoms with Gasteiger partial charge in [-0.2, -0.15) is 0 Å². The molecule has 0 atom stereocenters. The molecule has 2 aromatic carbocycles. The van der Waals surface area contributed by atoms with Crippen molar-refractivity contribution in [3.8, 4) is 11.1 Å². The van der Waals surface area contributed by atoms with Gasteiger partial charge in [-0.3, -0.25) is 14.5 Å². The van der Waals surface area contributed by atoms with Crippen molar-refractivity contribution in [1.82, 2.24) is 19.7 Å². The molecule has 6 nitrogen and oxygen atoms in total. The molecule has 0 aliphatic carbocycles. The number of aromatic nitrogens is 1. The number of amides is 2. The van der Waals surface area contributed by atoms with Crippen molar-refractivity contribution in [2.75, 3.05) is 39.3 Å². The van der Waals surface area contributed by atoms with Crippen LogP contribution in [0.15, 0.2) is 54.0 Å². The molecule has 0 saturated carbocycles. The van der Waals surface area contributed by atoms with Crippen molar-refractivity contribution in [2.24, 2.45) is 0 Å². The molecule has 2 saturated heterocycles. The summed E-state index contributed by atoms with van der Waals surface area (Å²) >= 11 is 13.6. The third kappa shape index (κ3) is 4.77. The zero-order chi connectivity index (χ0) is 22.9. The number of benzene rings is 2. The first-order valence-electron chi connectivity index (χ1n) is 10.8. The number of halogens is 2. The molecule has 9 heteroatoms. The molecule has 5 rings (SSSR count). The van der Waals surface area contributed by atoms with E-state index in [9.17, 15) is 9.59 Å². The summed E-state index contributed by atoms with van der Waals surface area (Å²) in [5, 5.41) is 3.54. The smallest absolute Gasteiger partial charge is 0.282 e. The summed E-state index contributed by atoms with van der Waals surface area (Å²) in [6, 6.07) is 13.3. The summed E-state index contributed by atoms with van der Waals surface area (Å²) in [5.74, 6) is 0.0538. The molecule has 0 N–H and O–H groups in total. The van der Waals surface area contributed by atoms with Crippen LogP contribution in [-0.2, 0) is 0 Å². The Morgan fingerprint density at radius 3 is 2.12 bits per heavy atom. The van der Waals surface area contributed by atoms with Gasteiger partial charge in [0.1, 0.15) is 0 Å². The van der Waals surface area contributed by atoms with Crippen LogP contribution in [0.1, 0.15) is 20.2 Å². The molecule has 2 aliphatic rings. The first-order chi connectivity index (χ1) is 16.0. The maximum absolute atomic E-state index is 12.9. The third-order valence-electron chi connectivity index (χ3n) is 6.21. The number of piperazine rings is 1. The lowest BCUT2D eigenvalue weighted by molar-refractivity contribution is 0.00853. The second-order valence-electron chi connectivity index (χ2n) is 8.26. The highest BCUT2D eigenvalue weighted by Crippen LogP contribution is 2.28. The lowest BCUT2D eigenvalue weighted by atomic mass is 10.0. The summed E-state index contributed by atoms with van der Waals surface area (Å²) in [5.41, 5.74) is 2.55. The number of thiazole rings is 1. The summed E-state index contributed by atoms with van der Waals surface area (Å²) in [7, 11) is 0. The van der Waals surface area contributed by atoms with Gasteiger partial charge in [0.2, 0.25) is 0 Å². The van der Waals surface area contributed by atoms with Gasteiger partial charge in [-0.05, 0) is 41.5 Å². The Kier molecular flexibility index (Phi) is 6.38. The van der Waals surface area contributed by atoms with Crippen LogP contribution in [0.3, 0.4) is 0 Å². The van der Waals surface area contributed by atoms with Crippen LogP contribution >= 0.6 is 34.5 Å². The normalized spacial score (nSPS) is 17.2. The maximum Gasteiger partial charge on any atom is 0.282 e. The minimum absolute atomic E-state index is 0.0126. The summed E-state index contributed by atoms with van der Waals surface area (Å²) in [6.45, 7) is 4.45. The monoisotopic (exact) mass is 500 g/mol. The average molecular weight is 501 g/mol. The molecular formula is C24H22Cl2N4O2S. The molecule has 2 amide bonds. The van der Waals surface area contributed by atoms with Gasteiger partial charge in [0.05, 0.1) is 0 Å². The van der Waals surface area contributed by atoms with Crippen LogP contribution in [0, 0.1) is 0 Å². The van der Waals surface area contributed by atoms with Gasteiger partial charge < -0.3 is 9.80 Å². The molecule has 2 fully saturated rings. The Morgan fingerprint density at radius 2 is 1.52 bits per heavy atom. The van der Waals surface area contributed by atoms with Crippen LogP contribution < -0.4 is 0 Å². The Morgan fingerprint density at radius 1 is 0.848 bits per heavy atom. The maximum atomic E-state index is 12.9. The fourth-order valence-corrected chi connectivity index (χ4v) is 5.44. The third-order valence-corrected chi connectivity index (χ3v) is 7.41. The second kappa shape index (κ2) is 9.43. The summed E-state index contributed by atoms with van der Waals surface area (Å²) < 4.78 is 0. The molecule has 0 unspecified atom stereocenters. The Labute approximate surface area is 206 Å². The van der Waals surface area contributed by atoms with E-state index in [4.69, 9.17) is 23.2 Å². The first-order valence-corrected chi connectivity index (χ1v) is 12.4. The van der Waals surface area contributed by atoms with E-state index in [-0.39, 0.29) is 11.8 Å². The highest BCUT2D eigenvalue weighted by atomic mass is 35.5. The van der Waals surface area contributed by atoms with E-state index in [0.717, 1.165) is 24.2 Å². The van der Waals surface area contributed by atoms with Crippen LogP contribution in [0.2, 0.25) is 10.0 Å². The van der Waals surface area contributed by atoms with Gasteiger partial charge in [0.25, 0.3) is 11.8 Å². The van der Waals surface area contributed by atoms with Crippen molar-refractivity contribution >= 4 is 46.4 Å². The minimum atomic E-state index is 0.0126. The van der Waals surface area contributed by atoms with Gasteiger partial charge in [-0.15, -0.1) is 11.3 Å². The Hall–Kier alpha value is -2.45. The van der Waals surface area contributed by atoms with E-state index in [1.807, 2.05) is 51.6 Å². The Bertz CT molecular complexity index is 1140. The van der Waals surface area contributed by atoms with Crippen molar-refractivity contribution < 1.29 is 9.59 Å². The fourth-order valence-electron chi connectivity index (χ4n) is 4.31. The quantitative estimate of drug-likeness (QED) is 0.532. The number of carbonyl (C=O) groups is 2. The Balaban J connectivity index is 1.13. The fraction of sp³-hybridized carbons (Fsp3) is 0.292. The number of carbonyl (C=O) groups excluding carboxylic acids is 2. The molecule has 1 aromatic heterocycles. The van der Waals surface area contributed by atoms with Gasteiger partial charge >= 0.3 is 0 Å². The molecule has 2 aliphatic heterocycles. The molecule has 0 spiro atoms. The SMILES string of the molecule is O=C(c1ccc(-c2cc(Cl)cc(Cl)c2)cc1)N1CC(N2CCN(C(=O)c3nccs3)CC2)C1. The van der Waals surface area contributed by atoms with Crippen molar-refractivity contribution in [2.45, 2.75) is 6.04 Å². The summed E-state index contributed by atoms with van der Waals surface area (Å²) in [4.78, 5) is 35.6. The number of hydrogen-bond acceptors (Lipinski definition) is 5. The molecule has 0 radical (unpaired) electrons. The van der Waals surface area contributed by atoms with E-state index in [2.05, 4.69) is 9.88 Å². The predicted molar refractivity (Wildman–Crippen MR) is 131 cm³/mol. The van der Waals surface area contributed by atoms with E-state index in [1.54, 1.807) is 12.3 Å². The van der Waals surface area contributed by atoms with E-state index >= 15 is 0 Å². The van der Waals surface area contributed by atoms with E-state index in [1.165, 1.54) is 11.3 Å². The highest BCUT2D eigenvalue weighted by Gasteiger charge is 2.37. The standard InChI is InChI=1S/C24H22Cl2N4O2S/c25-19-11-18(12-20(26)13-19)16-1-3-17(4-2-16)23(31)30-14-21(15-30)28-6-8-29(9-7-28)24(32)22-27-5-10-33-22/h1-5,10-13,21H,6-9,14-15H2. The number of hydrogen-bond donors (Lipinski definition) is 0. The molecule has 3 heterocycles. The van der Waals surface area contributed by atoms with Crippen molar-refractivity contribution in [1.29, 1.82) is 0 Å². The second-order valence-corrected chi connectivity index (χ2v) is 10.0. The van der Waals surface area contributed by atoms with Crippen LogP contribution in [0.5, 0.6) is 0 Å². The van der Waals surface area contributed by atoms with Crippen LogP contribution in [0.4, 0.5) is 0 Å². The number of likely N-dealkylation sites (tertiary alicyclic amines) is 1. The molecule has 33 heavy (non-hydrogen) atoms. The average Bonchev–Trinajstić information content (AvgIpc) is 3.32. The zero-order valence-electron chi connectivity index (χ0n) is 17.8. The highest BCUT2D eigenvalue weighted by molar-refractivity contribution is 7.11. The van der Waals surface area contributed by atoms with Crippen molar-refractivity contribution in [3.05, 3.63) is 74.7 Å². The minimum Gasteiger partial charge on any atom is -0.335 e. The first kappa shape index (κ1) is 22.3. The van der Waals surface area contributed by atoms with Gasteiger partial charge in [-0.1, -0.05) is 35.3 Å². The van der Waals surface area contributed by atoms with Crippen LogP contribution in [-0.4, -0.2) is 76.8 Å². The predicted octanol–water partition coefficient (Wildman–Crippen LogP) is 4.40. The number of nitrogens with zero attached hydrogens (tertiary/aromatic N) is 4.